The van der Waals surface area contributed by atoms with E-state index in [1.54, 1.807) is 12.1 Å². The van der Waals surface area contributed by atoms with Crippen molar-refractivity contribution in [2.45, 2.75) is 0 Å². The molecule has 0 atom stereocenters. The molecular formula is C26H18N2O2. The molecule has 0 fully saturated rings. The Morgan fingerprint density at radius 1 is 0.833 bits per heavy atom. The molecule has 0 aliphatic carbocycles. The second kappa shape index (κ2) is 8.76. The zero-order valence-electron chi connectivity index (χ0n) is 16.1. The molecule has 0 aliphatic rings. The van der Waals surface area contributed by atoms with E-state index in [-0.39, 0.29) is 5.57 Å². The first-order valence-electron chi connectivity index (χ1n) is 9.47. The number of hydrogen-bond donors (Lipinski definition) is 1. The summed E-state index contributed by atoms with van der Waals surface area (Å²) in [5, 5.41) is 14.3. The summed E-state index contributed by atoms with van der Waals surface area (Å²) in [5.74, 6) is 0.887. The van der Waals surface area contributed by atoms with E-state index in [9.17, 15) is 10.1 Å². The van der Waals surface area contributed by atoms with Crippen molar-refractivity contribution in [1.82, 2.24) is 0 Å². The van der Waals surface area contributed by atoms with Crippen LogP contribution >= 0.6 is 0 Å². The van der Waals surface area contributed by atoms with Gasteiger partial charge in [-0.25, -0.2) is 0 Å². The van der Waals surface area contributed by atoms with Crippen molar-refractivity contribution in [3.63, 3.8) is 0 Å². The van der Waals surface area contributed by atoms with Crippen LogP contribution in [0, 0.1) is 11.3 Å². The van der Waals surface area contributed by atoms with Crippen molar-refractivity contribution >= 4 is 28.4 Å². The first-order valence-corrected chi connectivity index (χ1v) is 9.47. The van der Waals surface area contributed by atoms with Crippen LogP contribution in [0.2, 0.25) is 0 Å². The average molecular weight is 390 g/mol. The second-order valence-electron chi connectivity index (χ2n) is 6.64. The number of nitrogens with zero attached hydrogens (tertiary/aromatic N) is 1. The number of para-hydroxylation sites is 1. The predicted octanol–water partition coefficient (Wildman–Crippen LogP) is 6.18. The van der Waals surface area contributed by atoms with E-state index < -0.39 is 5.91 Å². The lowest BCUT2D eigenvalue weighted by molar-refractivity contribution is -0.112. The SMILES string of the molecule is N#CC(=Cc1cccc(Oc2ccccc2)c1)C(=O)Nc1cccc2ccccc12. The van der Waals surface area contributed by atoms with Crippen molar-refractivity contribution < 1.29 is 9.53 Å². The molecule has 0 unspecified atom stereocenters. The standard InChI is InChI=1S/C26H18N2O2/c27-18-21(26(29)28-25-15-7-10-20-9-4-5-14-24(20)25)16-19-8-6-13-23(17-19)30-22-11-2-1-3-12-22/h1-17H,(H,28,29). The fraction of sp³-hybridized carbons (Fsp3) is 0. The lowest BCUT2D eigenvalue weighted by Crippen LogP contribution is -2.13. The molecule has 4 heteroatoms. The minimum absolute atomic E-state index is 0.0137. The summed E-state index contributed by atoms with van der Waals surface area (Å²) in [5.41, 5.74) is 1.38. The van der Waals surface area contributed by atoms with Gasteiger partial charge in [-0.05, 0) is 47.4 Å². The maximum atomic E-state index is 12.7. The van der Waals surface area contributed by atoms with Gasteiger partial charge in [0.05, 0.1) is 0 Å². The van der Waals surface area contributed by atoms with Crippen LogP contribution < -0.4 is 10.1 Å². The van der Waals surface area contributed by atoms with Crippen molar-refractivity contribution in [1.29, 1.82) is 5.26 Å². The normalized spacial score (nSPS) is 11.0. The molecule has 0 aromatic heterocycles. The summed E-state index contributed by atoms with van der Waals surface area (Å²) >= 11 is 0. The third-order valence-electron chi connectivity index (χ3n) is 4.55. The summed E-state index contributed by atoms with van der Waals surface area (Å²) in [7, 11) is 0. The van der Waals surface area contributed by atoms with Crippen LogP contribution in [0.15, 0.2) is 103 Å². The van der Waals surface area contributed by atoms with Crippen LogP contribution in [0.5, 0.6) is 11.5 Å². The molecule has 0 heterocycles. The van der Waals surface area contributed by atoms with Crippen molar-refractivity contribution in [2.75, 3.05) is 5.32 Å². The van der Waals surface area contributed by atoms with Gasteiger partial charge in [0.2, 0.25) is 0 Å². The minimum atomic E-state index is -0.455. The maximum Gasteiger partial charge on any atom is 0.266 e. The molecule has 0 aliphatic heterocycles. The Bertz CT molecular complexity index is 1270. The highest BCUT2D eigenvalue weighted by Gasteiger charge is 2.11. The van der Waals surface area contributed by atoms with E-state index in [1.165, 1.54) is 0 Å². The van der Waals surface area contributed by atoms with Gasteiger partial charge in [-0.15, -0.1) is 0 Å². The minimum Gasteiger partial charge on any atom is -0.457 e. The summed E-state index contributed by atoms with van der Waals surface area (Å²) < 4.78 is 5.83. The smallest absolute Gasteiger partial charge is 0.266 e. The van der Waals surface area contributed by atoms with E-state index in [2.05, 4.69) is 5.32 Å². The Morgan fingerprint density at radius 2 is 1.53 bits per heavy atom. The van der Waals surface area contributed by atoms with E-state index in [4.69, 9.17) is 4.74 Å². The van der Waals surface area contributed by atoms with Crippen molar-refractivity contribution in [3.05, 3.63) is 108 Å². The Balaban J connectivity index is 1.57. The third-order valence-corrected chi connectivity index (χ3v) is 4.55. The number of ether oxygens (including phenoxy) is 1. The number of nitrogens with one attached hydrogen (secondary N) is 1. The van der Waals surface area contributed by atoms with Gasteiger partial charge >= 0.3 is 0 Å². The quantitative estimate of drug-likeness (QED) is 0.327. The number of hydrogen-bond acceptors (Lipinski definition) is 3. The van der Waals surface area contributed by atoms with Crippen LogP contribution in [-0.2, 0) is 4.79 Å². The van der Waals surface area contributed by atoms with Crippen LogP contribution in [0.1, 0.15) is 5.56 Å². The zero-order valence-corrected chi connectivity index (χ0v) is 16.1. The number of amides is 1. The van der Waals surface area contributed by atoms with Gasteiger partial charge in [0.15, 0.2) is 0 Å². The summed E-state index contributed by atoms with van der Waals surface area (Å²) in [6.45, 7) is 0. The number of carbonyl (C=O) groups excluding carboxylic acids is 1. The topological polar surface area (TPSA) is 62.1 Å². The maximum absolute atomic E-state index is 12.7. The highest BCUT2D eigenvalue weighted by molar-refractivity contribution is 6.12. The molecule has 0 radical (unpaired) electrons. The number of rotatable bonds is 5. The van der Waals surface area contributed by atoms with E-state index in [0.717, 1.165) is 10.8 Å². The molecule has 0 saturated carbocycles. The monoisotopic (exact) mass is 390 g/mol. The van der Waals surface area contributed by atoms with Gasteiger partial charge < -0.3 is 10.1 Å². The van der Waals surface area contributed by atoms with Gasteiger partial charge in [0, 0.05) is 11.1 Å². The zero-order chi connectivity index (χ0) is 20.8. The average Bonchev–Trinajstić information content (AvgIpc) is 2.78. The number of anilines is 1. The molecule has 0 saturated heterocycles. The first-order chi connectivity index (χ1) is 14.7. The van der Waals surface area contributed by atoms with Gasteiger partial charge in [0.25, 0.3) is 5.91 Å². The van der Waals surface area contributed by atoms with E-state index in [1.807, 2.05) is 97.1 Å². The largest absolute Gasteiger partial charge is 0.457 e. The third kappa shape index (κ3) is 4.37. The molecule has 1 amide bonds. The van der Waals surface area contributed by atoms with Gasteiger partial charge in [-0.3, -0.25) is 4.79 Å². The molecule has 0 bridgehead atoms. The van der Waals surface area contributed by atoms with Crippen LogP contribution in [0.3, 0.4) is 0 Å². The van der Waals surface area contributed by atoms with Gasteiger partial charge in [-0.2, -0.15) is 5.26 Å². The van der Waals surface area contributed by atoms with Crippen molar-refractivity contribution in [3.8, 4) is 17.6 Å². The van der Waals surface area contributed by atoms with Crippen molar-refractivity contribution in [2.24, 2.45) is 0 Å². The van der Waals surface area contributed by atoms with Crippen LogP contribution in [-0.4, -0.2) is 5.91 Å². The Labute approximate surface area is 174 Å². The lowest BCUT2D eigenvalue weighted by Gasteiger charge is -2.09. The molecule has 4 nitrogen and oxygen atoms in total. The fourth-order valence-electron chi connectivity index (χ4n) is 3.13. The van der Waals surface area contributed by atoms with Crippen LogP contribution in [0.25, 0.3) is 16.8 Å². The first kappa shape index (κ1) is 19.0. The fourth-order valence-corrected chi connectivity index (χ4v) is 3.13. The molecule has 4 rings (SSSR count). The molecular weight excluding hydrogens is 372 g/mol. The number of fused-ring (bicyclic) bond motifs is 1. The highest BCUT2D eigenvalue weighted by Crippen LogP contribution is 2.25. The molecule has 4 aromatic rings. The lowest BCUT2D eigenvalue weighted by atomic mass is 10.1. The number of benzene rings is 4. The highest BCUT2D eigenvalue weighted by atomic mass is 16.5. The van der Waals surface area contributed by atoms with Gasteiger partial charge in [-0.1, -0.05) is 66.7 Å². The second-order valence-corrected chi connectivity index (χ2v) is 6.64. The number of nitriles is 1. The Morgan fingerprint density at radius 3 is 2.37 bits per heavy atom. The Hall–Kier alpha value is -4.36. The van der Waals surface area contributed by atoms with E-state index in [0.29, 0.717) is 22.7 Å². The molecule has 30 heavy (non-hydrogen) atoms. The van der Waals surface area contributed by atoms with Crippen LogP contribution in [0.4, 0.5) is 5.69 Å². The Kier molecular flexibility index (Phi) is 5.54. The van der Waals surface area contributed by atoms with Gasteiger partial charge in [0.1, 0.15) is 23.1 Å². The summed E-state index contributed by atoms with van der Waals surface area (Å²) in [6.07, 6.45) is 1.55. The molecule has 4 aromatic carbocycles. The summed E-state index contributed by atoms with van der Waals surface area (Å²) in [4.78, 5) is 12.7. The summed E-state index contributed by atoms with van der Waals surface area (Å²) in [6, 6.07) is 32.1. The van der Waals surface area contributed by atoms with E-state index >= 15 is 0 Å². The molecule has 144 valence electrons. The molecule has 0 spiro atoms. The molecule has 1 N–H and O–H groups in total. The number of carbonyl (C=O) groups is 1. The predicted molar refractivity (Wildman–Crippen MR) is 119 cm³/mol.